The summed E-state index contributed by atoms with van der Waals surface area (Å²) in [7, 11) is 0. The normalized spacial score (nSPS) is 14.6. The lowest BCUT2D eigenvalue weighted by Gasteiger charge is -2.26. The molecule has 7 heteroatoms. The number of amides is 1. The van der Waals surface area contributed by atoms with E-state index < -0.39 is 0 Å². The highest BCUT2D eigenvalue weighted by atomic mass is 16.5. The minimum Gasteiger partial charge on any atom is -0.379 e. The molecule has 0 radical (unpaired) electrons. The average molecular weight is 368 g/mol. The van der Waals surface area contributed by atoms with Crippen molar-refractivity contribution in [3.8, 4) is 0 Å². The Hall–Kier alpha value is -2.77. The lowest BCUT2D eigenvalue weighted by Crippen LogP contribution is -2.41. The fourth-order valence-corrected chi connectivity index (χ4v) is 2.80. The van der Waals surface area contributed by atoms with E-state index in [4.69, 9.17) is 4.74 Å². The van der Waals surface area contributed by atoms with Gasteiger partial charge in [-0.3, -0.25) is 14.5 Å². The van der Waals surface area contributed by atoms with Crippen molar-refractivity contribution in [3.63, 3.8) is 0 Å². The van der Waals surface area contributed by atoms with Crippen LogP contribution in [0.1, 0.15) is 27.8 Å². The molecule has 0 unspecified atom stereocenters. The largest absolute Gasteiger partial charge is 0.379 e. The van der Waals surface area contributed by atoms with Gasteiger partial charge in [-0.2, -0.15) is 0 Å². The summed E-state index contributed by atoms with van der Waals surface area (Å²) in [5, 5.41) is 6.09. The zero-order chi connectivity index (χ0) is 19.1. The Morgan fingerprint density at radius 1 is 1.07 bits per heavy atom. The molecule has 1 aromatic heterocycles. The van der Waals surface area contributed by atoms with Gasteiger partial charge in [-0.15, -0.1) is 0 Å². The molecule has 0 saturated carbocycles. The highest BCUT2D eigenvalue weighted by Crippen LogP contribution is 2.16. The van der Waals surface area contributed by atoms with Crippen LogP contribution in [0.25, 0.3) is 0 Å². The number of hydrogen-bond donors (Lipinski definition) is 2. The molecule has 0 spiro atoms. The van der Waals surface area contributed by atoms with Crippen LogP contribution >= 0.6 is 0 Å². The summed E-state index contributed by atoms with van der Waals surface area (Å²) in [6.07, 6.45) is 1.62. The van der Waals surface area contributed by atoms with Crippen molar-refractivity contribution >= 4 is 23.1 Å². The Labute approximate surface area is 158 Å². The van der Waals surface area contributed by atoms with Gasteiger partial charge in [0.05, 0.1) is 25.1 Å². The van der Waals surface area contributed by atoms with Crippen LogP contribution in [0.4, 0.5) is 11.4 Å². The molecular formula is C20H24N4O3. The van der Waals surface area contributed by atoms with Crippen molar-refractivity contribution in [1.82, 2.24) is 15.2 Å². The Balaban J connectivity index is 1.48. The van der Waals surface area contributed by atoms with Crippen LogP contribution in [0.3, 0.4) is 0 Å². The number of aromatic nitrogens is 1. The standard InChI is InChI=1S/C20H24N4O3/c1-15(25)16-2-4-17(5-3-16)23-18-6-7-19(22-14-18)20(26)21-8-9-24-10-12-27-13-11-24/h2-7,14,23H,8-13H2,1H3,(H,21,26). The molecule has 1 aliphatic heterocycles. The fraction of sp³-hybridized carbons (Fsp3) is 0.350. The van der Waals surface area contributed by atoms with Crippen LogP contribution in [0.5, 0.6) is 0 Å². The molecule has 1 aliphatic rings. The maximum Gasteiger partial charge on any atom is 0.269 e. The number of ether oxygens (including phenoxy) is 1. The number of hydrogen-bond acceptors (Lipinski definition) is 6. The first-order chi connectivity index (χ1) is 13.1. The minimum absolute atomic E-state index is 0.0344. The number of benzene rings is 1. The van der Waals surface area contributed by atoms with Crippen molar-refractivity contribution in [2.45, 2.75) is 6.92 Å². The van der Waals surface area contributed by atoms with Crippen molar-refractivity contribution < 1.29 is 14.3 Å². The molecule has 3 rings (SSSR count). The number of nitrogens with one attached hydrogen (secondary N) is 2. The first kappa shape index (κ1) is 19.0. The SMILES string of the molecule is CC(=O)c1ccc(Nc2ccc(C(=O)NCCN3CCOCC3)nc2)cc1. The van der Waals surface area contributed by atoms with Gasteiger partial charge in [0, 0.05) is 37.4 Å². The number of nitrogens with zero attached hydrogens (tertiary/aromatic N) is 2. The van der Waals surface area contributed by atoms with Crippen LogP contribution in [0, 0.1) is 0 Å². The molecule has 1 saturated heterocycles. The monoisotopic (exact) mass is 368 g/mol. The number of carbonyl (C=O) groups excluding carboxylic acids is 2. The predicted molar refractivity (Wildman–Crippen MR) is 104 cm³/mol. The van der Waals surface area contributed by atoms with Crippen molar-refractivity contribution in [3.05, 3.63) is 53.9 Å². The fourth-order valence-electron chi connectivity index (χ4n) is 2.80. The molecular weight excluding hydrogens is 344 g/mol. The third-order valence-corrected chi connectivity index (χ3v) is 4.39. The lowest BCUT2D eigenvalue weighted by molar-refractivity contribution is 0.0383. The van der Waals surface area contributed by atoms with Crippen LogP contribution in [0.15, 0.2) is 42.6 Å². The van der Waals surface area contributed by atoms with E-state index in [-0.39, 0.29) is 11.7 Å². The Morgan fingerprint density at radius 2 is 1.78 bits per heavy atom. The summed E-state index contributed by atoms with van der Waals surface area (Å²) < 4.78 is 5.31. The van der Waals surface area contributed by atoms with Gasteiger partial charge in [0.15, 0.2) is 5.78 Å². The van der Waals surface area contributed by atoms with Crippen LogP contribution in [0.2, 0.25) is 0 Å². The molecule has 0 aliphatic carbocycles. The van der Waals surface area contributed by atoms with Gasteiger partial charge in [-0.1, -0.05) is 0 Å². The van der Waals surface area contributed by atoms with Crippen molar-refractivity contribution in [1.29, 1.82) is 0 Å². The summed E-state index contributed by atoms with van der Waals surface area (Å²) in [4.78, 5) is 30.0. The molecule has 1 amide bonds. The molecule has 2 aromatic rings. The van der Waals surface area contributed by atoms with Crippen LogP contribution in [-0.2, 0) is 4.74 Å². The Morgan fingerprint density at radius 3 is 2.41 bits per heavy atom. The summed E-state index contributed by atoms with van der Waals surface area (Å²) in [5.41, 5.74) is 2.68. The number of rotatable bonds is 7. The van der Waals surface area contributed by atoms with E-state index in [2.05, 4.69) is 20.5 Å². The maximum atomic E-state index is 12.2. The van der Waals surface area contributed by atoms with E-state index >= 15 is 0 Å². The Kier molecular flexibility index (Phi) is 6.51. The highest BCUT2D eigenvalue weighted by molar-refractivity contribution is 5.94. The van der Waals surface area contributed by atoms with Gasteiger partial charge in [-0.05, 0) is 43.3 Å². The molecule has 1 fully saturated rings. The van der Waals surface area contributed by atoms with E-state index in [0.29, 0.717) is 17.8 Å². The second-order valence-electron chi connectivity index (χ2n) is 6.40. The molecule has 0 atom stereocenters. The summed E-state index contributed by atoms with van der Waals surface area (Å²) in [6, 6.07) is 10.7. The van der Waals surface area contributed by atoms with Gasteiger partial charge < -0.3 is 15.4 Å². The van der Waals surface area contributed by atoms with E-state index in [9.17, 15) is 9.59 Å². The molecule has 2 N–H and O–H groups in total. The second kappa shape index (κ2) is 9.25. The third kappa shape index (κ3) is 5.60. The van der Waals surface area contributed by atoms with Crippen LogP contribution in [-0.4, -0.2) is 61.0 Å². The summed E-state index contributed by atoms with van der Waals surface area (Å²) >= 11 is 0. The summed E-state index contributed by atoms with van der Waals surface area (Å²) in [5.74, 6) is -0.146. The molecule has 1 aromatic carbocycles. The third-order valence-electron chi connectivity index (χ3n) is 4.39. The first-order valence-electron chi connectivity index (χ1n) is 9.04. The number of morpholine rings is 1. The van der Waals surface area contributed by atoms with Gasteiger partial charge in [0.1, 0.15) is 5.69 Å². The van der Waals surface area contributed by atoms with Crippen molar-refractivity contribution in [2.24, 2.45) is 0 Å². The maximum absolute atomic E-state index is 12.2. The van der Waals surface area contributed by atoms with E-state index in [1.807, 2.05) is 18.2 Å². The molecule has 0 bridgehead atoms. The van der Waals surface area contributed by atoms with E-state index in [1.54, 1.807) is 24.4 Å². The second-order valence-corrected chi connectivity index (χ2v) is 6.40. The van der Waals surface area contributed by atoms with E-state index in [1.165, 1.54) is 6.92 Å². The number of ketones is 1. The molecule has 2 heterocycles. The minimum atomic E-state index is -0.180. The van der Waals surface area contributed by atoms with Gasteiger partial charge in [0.25, 0.3) is 5.91 Å². The van der Waals surface area contributed by atoms with Crippen LogP contribution < -0.4 is 10.6 Å². The van der Waals surface area contributed by atoms with Crippen molar-refractivity contribution in [2.75, 3.05) is 44.7 Å². The van der Waals surface area contributed by atoms with Gasteiger partial charge >= 0.3 is 0 Å². The smallest absolute Gasteiger partial charge is 0.269 e. The summed E-state index contributed by atoms with van der Waals surface area (Å²) in [6.45, 7) is 6.25. The zero-order valence-electron chi connectivity index (χ0n) is 15.4. The van der Waals surface area contributed by atoms with Gasteiger partial charge in [-0.25, -0.2) is 4.98 Å². The molecule has 142 valence electrons. The average Bonchev–Trinajstić information content (AvgIpc) is 2.70. The number of carbonyl (C=O) groups is 2. The number of pyridine rings is 1. The topological polar surface area (TPSA) is 83.6 Å². The first-order valence-corrected chi connectivity index (χ1v) is 9.04. The predicted octanol–water partition coefficient (Wildman–Crippen LogP) is 2.09. The molecule has 7 nitrogen and oxygen atoms in total. The zero-order valence-corrected chi connectivity index (χ0v) is 15.4. The molecule has 27 heavy (non-hydrogen) atoms. The van der Waals surface area contributed by atoms with E-state index in [0.717, 1.165) is 44.2 Å². The quantitative estimate of drug-likeness (QED) is 0.728. The highest BCUT2D eigenvalue weighted by Gasteiger charge is 2.11. The number of anilines is 2. The lowest BCUT2D eigenvalue weighted by atomic mass is 10.1. The van der Waals surface area contributed by atoms with Gasteiger partial charge in [0.2, 0.25) is 0 Å². The number of Topliss-reactive ketones (excluding diaryl/α,β-unsaturated/α-hetero) is 1. The Bertz CT molecular complexity index is 769.